The third-order valence-corrected chi connectivity index (χ3v) is 4.72. The third kappa shape index (κ3) is 3.43. The van der Waals surface area contributed by atoms with Gasteiger partial charge in [-0.1, -0.05) is 0 Å². The van der Waals surface area contributed by atoms with Crippen LogP contribution in [0.15, 0.2) is 22.9 Å². The van der Waals surface area contributed by atoms with Gasteiger partial charge in [-0.2, -0.15) is 0 Å². The van der Waals surface area contributed by atoms with E-state index in [1.807, 2.05) is 0 Å². The molecule has 1 atom stereocenters. The van der Waals surface area contributed by atoms with Crippen molar-refractivity contribution in [1.82, 2.24) is 9.88 Å². The zero-order chi connectivity index (χ0) is 15.6. The molecule has 1 N–H and O–H groups in total. The summed E-state index contributed by atoms with van der Waals surface area (Å²) >= 11 is 3.24. The molecule has 1 fully saturated rings. The summed E-state index contributed by atoms with van der Waals surface area (Å²) in [5.41, 5.74) is -0.288. The van der Waals surface area contributed by atoms with Crippen molar-refractivity contribution in [2.24, 2.45) is 11.3 Å². The van der Waals surface area contributed by atoms with Crippen molar-refractivity contribution in [2.45, 2.75) is 26.7 Å². The van der Waals surface area contributed by atoms with Crippen LogP contribution in [-0.4, -0.2) is 40.0 Å². The lowest BCUT2D eigenvalue weighted by atomic mass is 9.74. The lowest BCUT2D eigenvalue weighted by molar-refractivity contribution is -0.151. The van der Waals surface area contributed by atoms with Gasteiger partial charge in [0.25, 0.3) is 5.91 Å². The van der Waals surface area contributed by atoms with Crippen LogP contribution in [0, 0.1) is 11.3 Å². The largest absolute Gasteiger partial charge is 0.481 e. The lowest BCUT2D eigenvalue weighted by Gasteiger charge is -2.39. The molecule has 1 aliphatic rings. The molecule has 1 aromatic rings. The molecule has 1 unspecified atom stereocenters. The number of aliphatic carboxylic acids is 1. The van der Waals surface area contributed by atoms with Crippen molar-refractivity contribution in [3.8, 4) is 0 Å². The fraction of sp³-hybridized carbons (Fsp3) is 0.533. The standard InChI is InChI=1S/C15H19BrN2O3/c1-15(2,14(20)21)11-4-3-7-18(9-11)13(19)10-5-6-12(16)17-8-10/h5-6,8,11H,3-4,7,9H2,1-2H3,(H,20,21). The Bertz CT molecular complexity index is 542. The van der Waals surface area contributed by atoms with E-state index < -0.39 is 11.4 Å². The summed E-state index contributed by atoms with van der Waals surface area (Å²) in [6.45, 7) is 4.61. The molecule has 0 radical (unpaired) electrons. The number of aromatic nitrogens is 1. The Morgan fingerprint density at radius 3 is 2.71 bits per heavy atom. The second kappa shape index (κ2) is 6.13. The van der Waals surface area contributed by atoms with Gasteiger partial charge in [0.1, 0.15) is 4.60 Å². The number of carboxylic acid groups (broad SMARTS) is 1. The zero-order valence-corrected chi connectivity index (χ0v) is 13.8. The highest BCUT2D eigenvalue weighted by atomic mass is 79.9. The number of carbonyl (C=O) groups excluding carboxylic acids is 1. The number of carboxylic acids is 1. The quantitative estimate of drug-likeness (QED) is 0.847. The molecule has 0 aliphatic carbocycles. The first-order valence-corrected chi connectivity index (χ1v) is 7.76. The fourth-order valence-corrected chi connectivity index (χ4v) is 2.84. The van der Waals surface area contributed by atoms with Crippen LogP contribution in [-0.2, 0) is 4.79 Å². The molecule has 1 aromatic heterocycles. The molecule has 114 valence electrons. The number of carbonyl (C=O) groups is 2. The van der Waals surface area contributed by atoms with E-state index in [1.165, 1.54) is 0 Å². The van der Waals surface area contributed by atoms with Crippen molar-refractivity contribution >= 4 is 27.8 Å². The number of pyridine rings is 1. The topological polar surface area (TPSA) is 70.5 Å². The van der Waals surface area contributed by atoms with Gasteiger partial charge in [0.15, 0.2) is 0 Å². The van der Waals surface area contributed by atoms with Crippen LogP contribution in [0.3, 0.4) is 0 Å². The minimum absolute atomic E-state index is 0.0314. The van der Waals surface area contributed by atoms with Gasteiger partial charge in [-0.15, -0.1) is 0 Å². The van der Waals surface area contributed by atoms with Gasteiger partial charge in [-0.3, -0.25) is 9.59 Å². The molecule has 2 rings (SSSR count). The average Bonchev–Trinajstić information content (AvgIpc) is 2.47. The van der Waals surface area contributed by atoms with Gasteiger partial charge in [-0.05, 0) is 60.7 Å². The number of nitrogens with zero attached hydrogens (tertiary/aromatic N) is 2. The number of hydrogen-bond acceptors (Lipinski definition) is 3. The van der Waals surface area contributed by atoms with E-state index in [2.05, 4.69) is 20.9 Å². The number of hydrogen-bond donors (Lipinski definition) is 1. The van der Waals surface area contributed by atoms with Crippen molar-refractivity contribution in [3.05, 3.63) is 28.5 Å². The minimum Gasteiger partial charge on any atom is -0.481 e. The molecule has 0 bridgehead atoms. The van der Waals surface area contributed by atoms with Crippen LogP contribution >= 0.6 is 15.9 Å². The average molecular weight is 355 g/mol. The molecule has 21 heavy (non-hydrogen) atoms. The summed E-state index contributed by atoms with van der Waals surface area (Å²) in [6.07, 6.45) is 3.21. The highest BCUT2D eigenvalue weighted by molar-refractivity contribution is 9.10. The lowest BCUT2D eigenvalue weighted by Crippen LogP contribution is -2.46. The predicted octanol–water partition coefficient (Wildman–Crippen LogP) is 2.81. The molecular formula is C15H19BrN2O3. The predicted molar refractivity (Wildman–Crippen MR) is 82.0 cm³/mol. The maximum Gasteiger partial charge on any atom is 0.309 e. The van der Waals surface area contributed by atoms with E-state index in [0.29, 0.717) is 23.3 Å². The Labute approximate surface area is 132 Å². The Kier molecular flexibility index (Phi) is 4.66. The van der Waals surface area contributed by atoms with Crippen LogP contribution in [0.5, 0.6) is 0 Å². The Balaban J connectivity index is 2.12. The molecule has 1 saturated heterocycles. The summed E-state index contributed by atoms with van der Waals surface area (Å²) in [7, 11) is 0. The van der Waals surface area contributed by atoms with Gasteiger partial charge in [0.05, 0.1) is 11.0 Å². The molecule has 0 saturated carbocycles. The molecular weight excluding hydrogens is 336 g/mol. The van der Waals surface area contributed by atoms with Crippen molar-refractivity contribution < 1.29 is 14.7 Å². The van der Waals surface area contributed by atoms with Crippen molar-refractivity contribution in [3.63, 3.8) is 0 Å². The van der Waals surface area contributed by atoms with Gasteiger partial charge in [-0.25, -0.2) is 4.98 Å². The van der Waals surface area contributed by atoms with Crippen LogP contribution < -0.4 is 0 Å². The van der Waals surface area contributed by atoms with Gasteiger partial charge in [0.2, 0.25) is 0 Å². The second-order valence-corrected chi connectivity index (χ2v) is 6.80. The maximum atomic E-state index is 12.5. The molecule has 1 aliphatic heterocycles. The van der Waals surface area contributed by atoms with E-state index in [0.717, 1.165) is 12.8 Å². The van der Waals surface area contributed by atoms with Crippen LogP contribution in [0.1, 0.15) is 37.0 Å². The van der Waals surface area contributed by atoms with E-state index in [4.69, 9.17) is 0 Å². The van der Waals surface area contributed by atoms with Gasteiger partial charge >= 0.3 is 5.97 Å². The monoisotopic (exact) mass is 354 g/mol. The zero-order valence-electron chi connectivity index (χ0n) is 12.2. The molecule has 2 heterocycles. The van der Waals surface area contributed by atoms with E-state index >= 15 is 0 Å². The first kappa shape index (κ1) is 15.9. The van der Waals surface area contributed by atoms with Crippen LogP contribution in [0.25, 0.3) is 0 Å². The molecule has 0 spiro atoms. The number of amides is 1. The van der Waals surface area contributed by atoms with Crippen LogP contribution in [0.2, 0.25) is 0 Å². The van der Waals surface area contributed by atoms with E-state index in [-0.39, 0.29) is 11.8 Å². The van der Waals surface area contributed by atoms with Crippen molar-refractivity contribution in [1.29, 1.82) is 0 Å². The Morgan fingerprint density at radius 2 is 2.14 bits per heavy atom. The summed E-state index contributed by atoms with van der Waals surface area (Å²) in [6, 6.07) is 3.46. The third-order valence-electron chi connectivity index (χ3n) is 4.25. The molecule has 5 nitrogen and oxygen atoms in total. The summed E-state index contributed by atoms with van der Waals surface area (Å²) in [5.74, 6) is -0.927. The van der Waals surface area contributed by atoms with Crippen molar-refractivity contribution in [2.75, 3.05) is 13.1 Å². The minimum atomic E-state index is -0.823. The van der Waals surface area contributed by atoms with Gasteiger partial charge in [0, 0.05) is 19.3 Å². The normalized spacial score (nSPS) is 19.4. The maximum absolute atomic E-state index is 12.5. The van der Waals surface area contributed by atoms with Gasteiger partial charge < -0.3 is 10.0 Å². The summed E-state index contributed by atoms with van der Waals surface area (Å²) in [4.78, 5) is 29.7. The van der Waals surface area contributed by atoms with E-state index in [1.54, 1.807) is 37.1 Å². The molecule has 6 heteroatoms. The number of rotatable bonds is 3. The molecule has 0 aromatic carbocycles. The van der Waals surface area contributed by atoms with E-state index in [9.17, 15) is 14.7 Å². The highest BCUT2D eigenvalue weighted by Crippen LogP contribution is 2.34. The highest BCUT2D eigenvalue weighted by Gasteiger charge is 2.40. The molecule has 1 amide bonds. The number of likely N-dealkylation sites (tertiary alicyclic amines) is 1. The summed E-state index contributed by atoms with van der Waals surface area (Å²) < 4.78 is 0.683. The smallest absolute Gasteiger partial charge is 0.309 e. The Morgan fingerprint density at radius 1 is 1.43 bits per heavy atom. The first-order valence-electron chi connectivity index (χ1n) is 6.96. The first-order chi connectivity index (χ1) is 9.82. The second-order valence-electron chi connectivity index (χ2n) is 5.99. The number of halogens is 1. The SMILES string of the molecule is CC(C)(C(=O)O)C1CCCN(C(=O)c2ccc(Br)nc2)C1. The number of piperidine rings is 1. The summed E-state index contributed by atoms with van der Waals surface area (Å²) in [5, 5.41) is 9.35. The Hall–Kier alpha value is -1.43. The fourth-order valence-electron chi connectivity index (χ4n) is 2.61. The van der Waals surface area contributed by atoms with Crippen LogP contribution in [0.4, 0.5) is 0 Å².